The minimum absolute atomic E-state index is 0.206. The molecule has 188 valence electrons. The summed E-state index contributed by atoms with van der Waals surface area (Å²) in [6.45, 7) is 5.31. The average molecular weight is 510 g/mol. The molecule has 0 unspecified atom stereocenters. The standard InChI is InChI=1S/C26H29ClFN7O/c27-18-5-6-21(28)19(15-18)24-31-17-23(35-12-3-4-13-35)25(33-24)32-22-7-8-29-16-20(22)26(36)30-9-14-34-10-1-2-11-34/h5-8,15-17H,1-4,9-14H2,(H,30,36)(H,29,31,32,33). The molecule has 0 aliphatic carbocycles. The highest BCUT2D eigenvalue weighted by atomic mass is 35.5. The zero-order chi connectivity index (χ0) is 24.9. The SMILES string of the molecule is O=C(NCCN1CCCC1)c1cnccc1Nc1nc(-c2cc(Cl)ccc2F)ncc1N1CCCC1. The Labute approximate surface area is 214 Å². The number of nitrogens with one attached hydrogen (secondary N) is 2. The van der Waals surface area contributed by atoms with Crippen LogP contribution in [0.1, 0.15) is 36.0 Å². The Balaban J connectivity index is 1.42. The van der Waals surface area contributed by atoms with Crippen molar-refractivity contribution in [2.75, 3.05) is 49.5 Å². The van der Waals surface area contributed by atoms with E-state index >= 15 is 0 Å². The minimum Gasteiger partial charge on any atom is -0.367 e. The summed E-state index contributed by atoms with van der Waals surface area (Å²) in [5.41, 5.74) is 2.00. The number of benzene rings is 1. The lowest BCUT2D eigenvalue weighted by Gasteiger charge is -2.22. The van der Waals surface area contributed by atoms with Gasteiger partial charge in [-0.05, 0) is 63.0 Å². The fourth-order valence-corrected chi connectivity index (χ4v) is 4.87. The monoisotopic (exact) mass is 509 g/mol. The van der Waals surface area contributed by atoms with Crippen molar-refractivity contribution in [3.63, 3.8) is 0 Å². The van der Waals surface area contributed by atoms with Crippen LogP contribution in [0.4, 0.5) is 21.6 Å². The van der Waals surface area contributed by atoms with Gasteiger partial charge in [-0.1, -0.05) is 11.6 Å². The first-order chi connectivity index (χ1) is 17.6. The third-order valence-electron chi connectivity index (χ3n) is 6.62. The number of rotatable bonds is 8. The van der Waals surface area contributed by atoms with E-state index in [2.05, 4.69) is 35.4 Å². The number of anilines is 3. The van der Waals surface area contributed by atoms with Gasteiger partial charge in [0.05, 0.1) is 28.7 Å². The zero-order valence-electron chi connectivity index (χ0n) is 20.0. The molecule has 2 aliphatic heterocycles. The van der Waals surface area contributed by atoms with Crippen LogP contribution in [-0.2, 0) is 0 Å². The number of aromatic nitrogens is 3. The molecule has 2 saturated heterocycles. The van der Waals surface area contributed by atoms with Crippen LogP contribution in [0, 0.1) is 5.82 Å². The topological polar surface area (TPSA) is 86.3 Å². The van der Waals surface area contributed by atoms with E-state index in [4.69, 9.17) is 11.6 Å². The Kier molecular flexibility index (Phi) is 7.58. The largest absolute Gasteiger partial charge is 0.367 e. The highest BCUT2D eigenvalue weighted by molar-refractivity contribution is 6.30. The van der Waals surface area contributed by atoms with Crippen molar-refractivity contribution in [3.8, 4) is 11.4 Å². The van der Waals surface area contributed by atoms with Gasteiger partial charge in [-0.3, -0.25) is 9.78 Å². The molecule has 0 atom stereocenters. The van der Waals surface area contributed by atoms with E-state index in [1.54, 1.807) is 24.7 Å². The van der Waals surface area contributed by atoms with E-state index in [0.29, 0.717) is 28.6 Å². The summed E-state index contributed by atoms with van der Waals surface area (Å²) in [5.74, 6) is 0.0497. The molecule has 0 bridgehead atoms. The van der Waals surface area contributed by atoms with Crippen LogP contribution >= 0.6 is 11.6 Å². The number of likely N-dealkylation sites (tertiary alicyclic amines) is 1. The molecule has 3 aromatic rings. The van der Waals surface area contributed by atoms with E-state index in [-0.39, 0.29) is 17.3 Å². The molecule has 0 spiro atoms. The second-order valence-electron chi connectivity index (χ2n) is 9.10. The molecular weight excluding hydrogens is 481 g/mol. The highest BCUT2D eigenvalue weighted by Gasteiger charge is 2.21. The fourth-order valence-electron chi connectivity index (χ4n) is 4.70. The van der Waals surface area contributed by atoms with Gasteiger partial charge in [-0.15, -0.1) is 0 Å². The fraction of sp³-hybridized carbons (Fsp3) is 0.385. The second kappa shape index (κ2) is 11.2. The molecule has 1 aromatic carbocycles. The summed E-state index contributed by atoms with van der Waals surface area (Å²) in [6, 6.07) is 6.04. The normalized spacial score (nSPS) is 15.9. The number of halogens is 2. The van der Waals surface area contributed by atoms with Crippen molar-refractivity contribution in [2.45, 2.75) is 25.7 Å². The summed E-state index contributed by atoms with van der Waals surface area (Å²) < 4.78 is 14.6. The molecule has 1 amide bonds. The number of hydrogen-bond acceptors (Lipinski definition) is 7. The van der Waals surface area contributed by atoms with Gasteiger partial charge in [0.2, 0.25) is 0 Å². The van der Waals surface area contributed by atoms with Crippen molar-refractivity contribution in [2.24, 2.45) is 0 Å². The van der Waals surface area contributed by atoms with E-state index in [1.807, 2.05) is 0 Å². The molecule has 4 heterocycles. The number of hydrogen-bond donors (Lipinski definition) is 2. The van der Waals surface area contributed by atoms with Gasteiger partial charge in [0.1, 0.15) is 5.82 Å². The van der Waals surface area contributed by atoms with Gasteiger partial charge in [0, 0.05) is 43.6 Å². The third-order valence-corrected chi connectivity index (χ3v) is 6.85. The van der Waals surface area contributed by atoms with E-state index in [9.17, 15) is 9.18 Å². The van der Waals surface area contributed by atoms with Gasteiger partial charge in [-0.25, -0.2) is 14.4 Å². The molecule has 2 N–H and O–H groups in total. The van der Waals surface area contributed by atoms with Crippen LogP contribution in [0.15, 0.2) is 42.9 Å². The van der Waals surface area contributed by atoms with Crippen LogP contribution < -0.4 is 15.5 Å². The van der Waals surface area contributed by atoms with Crippen LogP contribution in [0.5, 0.6) is 0 Å². The van der Waals surface area contributed by atoms with Crippen LogP contribution in [0.25, 0.3) is 11.4 Å². The highest BCUT2D eigenvalue weighted by Crippen LogP contribution is 2.33. The summed E-state index contributed by atoms with van der Waals surface area (Å²) in [5, 5.41) is 6.72. The van der Waals surface area contributed by atoms with Crippen molar-refractivity contribution in [1.29, 1.82) is 0 Å². The van der Waals surface area contributed by atoms with Gasteiger partial charge in [0.25, 0.3) is 5.91 Å². The van der Waals surface area contributed by atoms with Crippen LogP contribution in [-0.4, -0.2) is 65.0 Å². The van der Waals surface area contributed by atoms with Crippen LogP contribution in [0.3, 0.4) is 0 Å². The molecule has 0 saturated carbocycles. The minimum atomic E-state index is -0.457. The van der Waals surface area contributed by atoms with Crippen molar-refractivity contribution in [3.05, 3.63) is 59.3 Å². The molecule has 2 aliphatic rings. The van der Waals surface area contributed by atoms with Gasteiger partial charge >= 0.3 is 0 Å². The number of nitrogens with zero attached hydrogens (tertiary/aromatic N) is 5. The maximum atomic E-state index is 14.6. The number of carbonyl (C=O) groups excluding carboxylic acids is 1. The number of pyridine rings is 1. The molecule has 2 aromatic heterocycles. The molecule has 5 rings (SSSR count). The molecule has 36 heavy (non-hydrogen) atoms. The van der Waals surface area contributed by atoms with Crippen molar-refractivity contribution < 1.29 is 9.18 Å². The summed E-state index contributed by atoms with van der Waals surface area (Å²) in [4.78, 5) is 30.9. The molecular formula is C26H29ClFN7O. The summed E-state index contributed by atoms with van der Waals surface area (Å²) >= 11 is 6.11. The lowest BCUT2D eigenvalue weighted by Crippen LogP contribution is -2.33. The quantitative estimate of drug-likeness (QED) is 0.462. The Bertz CT molecular complexity index is 1230. The Hall–Kier alpha value is -3.30. The van der Waals surface area contributed by atoms with E-state index in [0.717, 1.165) is 51.3 Å². The lowest BCUT2D eigenvalue weighted by atomic mass is 10.2. The second-order valence-corrected chi connectivity index (χ2v) is 9.53. The lowest BCUT2D eigenvalue weighted by molar-refractivity contribution is 0.0950. The predicted octanol–water partition coefficient (Wildman–Crippen LogP) is 4.50. The van der Waals surface area contributed by atoms with Crippen molar-refractivity contribution >= 4 is 34.7 Å². The first-order valence-electron chi connectivity index (χ1n) is 12.4. The van der Waals surface area contributed by atoms with E-state index in [1.165, 1.54) is 31.0 Å². The van der Waals surface area contributed by atoms with Gasteiger partial charge in [0.15, 0.2) is 11.6 Å². The average Bonchev–Trinajstić information content (AvgIpc) is 3.61. The maximum Gasteiger partial charge on any atom is 0.255 e. The first-order valence-corrected chi connectivity index (χ1v) is 12.8. The first kappa shape index (κ1) is 24.4. The molecule has 10 heteroatoms. The Morgan fingerprint density at radius 1 is 1.06 bits per heavy atom. The number of carbonyl (C=O) groups is 1. The van der Waals surface area contributed by atoms with Crippen LogP contribution in [0.2, 0.25) is 5.02 Å². The smallest absolute Gasteiger partial charge is 0.255 e. The predicted molar refractivity (Wildman–Crippen MR) is 139 cm³/mol. The molecule has 2 fully saturated rings. The van der Waals surface area contributed by atoms with Gasteiger partial charge in [-0.2, -0.15) is 0 Å². The zero-order valence-corrected chi connectivity index (χ0v) is 20.8. The Morgan fingerprint density at radius 3 is 2.64 bits per heavy atom. The summed E-state index contributed by atoms with van der Waals surface area (Å²) in [7, 11) is 0. The molecule has 0 radical (unpaired) electrons. The van der Waals surface area contributed by atoms with Gasteiger partial charge < -0.3 is 20.4 Å². The Morgan fingerprint density at radius 2 is 1.83 bits per heavy atom. The number of amides is 1. The van der Waals surface area contributed by atoms with Crippen molar-refractivity contribution in [1.82, 2.24) is 25.2 Å². The maximum absolute atomic E-state index is 14.6. The van der Waals surface area contributed by atoms with E-state index < -0.39 is 5.82 Å². The molecule has 8 nitrogen and oxygen atoms in total. The third kappa shape index (κ3) is 5.57. The summed E-state index contributed by atoms with van der Waals surface area (Å²) in [6.07, 6.45) is 9.44.